The Labute approximate surface area is 172 Å². The van der Waals surface area contributed by atoms with E-state index in [1.165, 1.54) is 6.42 Å². The first-order valence-electron chi connectivity index (χ1n) is 9.70. The summed E-state index contributed by atoms with van der Waals surface area (Å²) in [6.07, 6.45) is 2.36. The summed E-state index contributed by atoms with van der Waals surface area (Å²) in [6.45, 7) is 10.1. The highest BCUT2D eigenvalue weighted by Gasteiger charge is 2.21. The van der Waals surface area contributed by atoms with Gasteiger partial charge in [-0.1, -0.05) is 25.1 Å². The molecule has 6 nitrogen and oxygen atoms in total. The number of anilines is 2. The highest BCUT2D eigenvalue weighted by Crippen LogP contribution is 2.18. The maximum Gasteiger partial charge on any atom is 0.229 e. The average molecular weight is 397 g/mol. The number of guanidine groups is 1. The Kier molecular flexibility index (Phi) is 6.57. The van der Waals surface area contributed by atoms with Crippen molar-refractivity contribution in [2.24, 2.45) is 10.9 Å². The lowest BCUT2D eigenvalue weighted by Crippen LogP contribution is -2.43. The number of para-hydroxylation sites is 1. The summed E-state index contributed by atoms with van der Waals surface area (Å²) in [5.74, 6) is 1.86. The van der Waals surface area contributed by atoms with Gasteiger partial charge in [0.05, 0.1) is 0 Å². The van der Waals surface area contributed by atoms with Crippen molar-refractivity contribution in [3.63, 3.8) is 0 Å². The average Bonchev–Trinajstić information content (AvgIpc) is 2.62. The third-order valence-electron chi connectivity index (χ3n) is 4.76. The van der Waals surface area contributed by atoms with Crippen LogP contribution in [0.15, 0.2) is 35.3 Å². The second-order valence-electron chi connectivity index (χ2n) is 7.47. The molecule has 1 aromatic heterocycles. The minimum absolute atomic E-state index is 0.416. The molecule has 2 heterocycles. The standard InChI is InChI=1S/C21H28N6S/c1-14-8-7-11-27(13-14)20(25-19-22-16(3)12-17(4)23-19)26-21(28)24-18-10-6-5-9-15(18)2/h5-6,9-10,12,14H,7-8,11,13H2,1-4H3,(H2,22,23,24,25,26,28). The van der Waals surface area contributed by atoms with Crippen LogP contribution in [-0.4, -0.2) is 39.0 Å². The van der Waals surface area contributed by atoms with Gasteiger partial charge in [-0.15, -0.1) is 0 Å². The summed E-state index contributed by atoms with van der Waals surface area (Å²) in [6, 6.07) is 9.99. The van der Waals surface area contributed by atoms with Crippen LogP contribution >= 0.6 is 12.2 Å². The Morgan fingerprint density at radius 1 is 1.14 bits per heavy atom. The summed E-state index contributed by atoms with van der Waals surface area (Å²) in [4.78, 5) is 15.9. The monoisotopic (exact) mass is 396 g/mol. The minimum Gasteiger partial charge on any atom is -0.342 e. The molecule has 1 atom stereocenters. The number of piperidine rings is 1. The number of aromatic nitrogens is 2. The van der Waals surface area contributed by atoms with E-state index in [4.69, 9.17) is 17.2 Å². The first-order valence-corrected chi connectivity index (χ1v) is 10.1. The van der Waals surface area contributed by atoms with Crippen molar-refractivity contribution < 1.29 is 0 Å². The van der Waals surface area contributed by atoms with Crippen molar-refractivity contribution in [3.05, 3.63) is 47.3 Å². The highest BCUT2D eigenvalue weighted by molar-refractivity contribution is 7.80. The number of hydrogen-bond acceptors (Lipinski definition) is 3. The maximum absolute atomic E-state index is 5.53. The second-order valence-corrected chi connectivity index (χ2v) is 7.86. The molecule has 1 aliphatic heterocycles. The summed E-state index contributed by atoms with van der Waals surface area (Å²) >= 11 is 5.53. The fourth-order valence-corrected chi connectivity index (χ4v) is 3.59. The van der Waals surface area contributed by atoms with Gasteiger partial charge in [0.1, 0.15) is 0 Å². The molecular weight excluding hydrogens is 368 g/mol. The maximum atomic E-state index is 5.53. The quantitative estimate of drug-likeness (QED) is 0.448. The van der Waals surface area contributed by atoms with Crippen molar-refractivity contribution >= 4 is 34.9 Å². The van der Waals surface area contributed by atoms with E-state index in [2.05, 4.69) is 32.4 Å². The summed E-state index contributed by atoms with van der Waals surface area (Å²) in [5, 5.41) is 6.96. The van der Waals surface area contributed by atoms with Gasteiger partial charge in [0.2, 0.25) is 17.0 Å². The molecule has 1 aromatic carbocycles. The Bertz CT molecular complexity index is 859. The van der Waals surface area contributed by atoms with E-state index in [1.54, 1.807) is 0 Å². The van der Waals surface area contributed by atoms with Crippen LogP contribution < -0.4 is 10.6 Å². The molecular formula is C21H28N6S. The van der Waals surface area contributed by atoms with Crippen LogP contribution in [0, 0.1) is 26.7 Å². The molecule has 0 bridgehead atoms. The lowest BCUT2D eigenvalue weighted by molar-refractivity contribution is 0.273. The molecule has 28 heavy (non-hydrogen) atoms. The smallest absolute Gasteiger partial charge is 0.229 e. The van der Waals surface area contributed by atoms with Gasteiger partial charge in [0, 0.05) is 30.2 Å². The predicted molar refractivity (Wildman–Crippen MR) is 120 cm³/mol. The van der Waals surface area contributed by atoms with E-state index >= 15 is 0 Å². The molecule has 2 N–H and O–H groups in total. The molecule has 1 fully saturated rings. The zero-order valence-electron chi connectivity index (χ0n) is 17.0. The van der Waals surface area contributed by atoms with Crippen LogP contribution in [-0.2, 0) is 0 Å². The van der Waals surface area contributed by atoms with Gasteiger partial charge in [-0.2, -0.15) is 4.99 Å². The number of nitrogens with one attached hydrogen (secondary N) is 2. The number of benzene rings is 1. The Hall–Kier alpha value is -2.54. The molecule has 0 spiro atoms. The summed E-state index contributed by atoms with van der Waals surface area (Å²) < 4.78 is 0. The lowest BCUT2D eigenvalue weighted by atomic mass is 10.0. The Morgan fingerprint density at radius 3 is 2.54 bits per heavy atom. The van der Waals surface area contributed by atoms with E-state index in [0.29, 0.717) is 22.9 Å². The molecule has 0 amide bonds. The van der Waals surface area contributed by atoms with Gasteiger partial charge in [-0.05, 0) is 69.4 Å². The molecule has 148 valence electrons. The van der Waals surface area contributed by atoms with Crippen LogP contribution in [0.3, 0.4) is 0 Å². The van der Waals surface area contributed by atoms with E-state index in [1.807, 2.05) is 51.1 Å². The number of aliphatic imine (C=N–C) groups is 1. The van der Waals surface area contributed by atoms with Gasteiger partial charge in [0.25, 0.3) is 0 Å². The van der Waals surface area contributed by atoms with Crippen LogP contribution in [0.25, 0.3) is 0 Å². The van der Waals surface area contributed by atoms with Crippen LogP contribution in [0.5, 0.6) is 0 Å². The van der Waals surface area contributed by atoms with Gasteiger partial charge in [-0.25, -0.2) is 9.97 Å². The summed E-state index contributed by atoms with van der Waals surface area (Å²) in [5.41, 5.74) is 3.92. The first kappa shape index (κ1) is 20.2. The third kappa shape index (κ3) is 5.48. The lowest BCUT2D eigenvalue weighted by Gasteiger charge is -2.33. The number of nitrogens with zero attached hydrogens (tertiary/aromatic N) is 4. The molecule has 7 heteroatoms. The van der Waals surface area contributed by atoms with Gasteiger partial charge in [-0.3, -0.25) is 5.32 Å². The third-order valence-corrected chi connectivity index (χ3v) is 4.95. The zero-order chi connectivity index (χ0) is 20.1. The molecule has 3 rings (SSSR count). The van der Waals surface area contributed by atoms with E-state index in [9.17, 15) is 0 Å². The molecule has 1 unspecified atom stereocenters. The van der Waals surface area contributed by atoms with Gasteiger partial charge < -0.3 is 10.2 Å². The fourth-order valence-electron chi connectivity index (χ4n) is 3.39. The van der Waals surface area contributed by atoms with Gasteiger partial charge >= 0.3 is 0 Å². The highest BCUT2D eigenvalue weighted by atomic mass is 32.1. The van der Waals surface area contributed by atoms with Crippen LogP contribution in [0.4, 0.5) is 11.6 Å². The van der Waals surface area contributed by atoms with E-state index < -0.39 is 0 Å². The van der Waals surface area contributed by atoms with Gasteiger partial charge in [0.15, 0.2) is 0 Å². The number of hydrogen-bond donors (Lipinski definition) is 2. The minimum atomic E-state index is 0.416. The van der Waals surface area contributed by atoms with Crippen molar-refractivity contribution in [1.82, 2.24) is 14.9 Å². The number of rotatable bonds is 2. The predicted octanol–water partition coefficient (Wildman–Crippen LogP) is 4.30. The normalized spacial score (nSPS) is 17.4. The number of likely N-dealkylation sites (tertiary alicyclic amines) is 1. The van der Waals surface area contributed by atoms with E-state index in [-0.39, 0.29) is 0 Å². The second kappa shape index (κ2) is 9.10. The van der Waals surface area contributed by atoms with Crippen molar-refractivity contribution in [3.8, 4) is 0 Å². The van der Waals surface area contributed by atoms with Crippen LogP contribution in [0.2, 0.25) is 0 Å². The molecule has 1 aliphatic rings. The first-order chi connectivity index (χ1) is 13.4. The number of thiocarbonyl (C=S) groups is 1. The molecule has 2 aromatic rings. The SMILES string of the molecule is Cc1cc(C)nc(N/C(=N/C(=S)Nc2ccccc2C)N2CCCC(C)C2)n1. The Balaban J connectivity index is 1.85. The fraction of sp³-hybridized carbons (Fsp3) is 0.429. The molecule has 1 saturated heterocycles. The van der Waals surface area contributed by atoms with E-state index in [0.717, 1.165) is 42.1 Å². The molecule has 0 aliphatic carbocycles. The van der Waals surface area contributed by atoms with Crippen molar-refractivity contribution in [2.45, 2.75) is 40.5 Å². The van der Waals surface area contributed by atoms with Crippen LogP contribution in [0.1, 0.15) is 36.7 Å². The topological polar surface area (TPSA) is 65.4 Å². The largest absolute Gasteiger partial charge is 0.342 e. The zero-order valence-corrected chi connectivity index (χ0v) is 17.8. The molecule has 0 saturated carbocycles. The van der Waals surface area contributed by atoms with Crippen molar-refractivity contribution in [1.29, 1.82) is 0 Å². The van der Waals surface area contributed by atoms with Crippen molar-refractivity contribution in [2.75, 3.05) is 23.7 Å². The molecule has 0 radical (unpaired) electrons. The summed E-state index contributed by atoms with van der Waals surface area (Å²) in [7, 11) is 0. The Morgan fingerprint density at radius 2 is 1.86 bits per heavy atom. The number of aryl methyl sites for hydroxylation is 3.